The first-order valence-electron chi connectivity index (χ1n) is 6.69. The van der Waals surface area contributed by atoms with Crippen LogP contribution in [0.5, 0.6) is 11.5 Å². The van der Waals surface area contributed by atoms with Crippen LogP contribution in [0.1, 0.15) is 16.7 Å². The third-order valence-corrected chi connectivity index (χ3v) is 3.31. The van der Waals surface area contributed by atoms with Crippen LogP contribution in [0.4, 0.5) is 5.69 Å². The maximum absolute atomic E-state index is 11.0. The minimum absolute atomic E-state index is 0.0662. The number of hydrogen-bond donors (Lipinski definition) is 1. The number of nitrogens with zero attached hydrogens (tertiary/aromatic N) is 1. The summed E-state index contributed by atoms with van der Waals surface area (Å²) in [5.74, 6) is 1.22. The van der Waals surface area contributed by atoms with Gasteiger partial charge in [-0.05, 0) is 44.2 Å². The number of nitrogens with one attached hydrogen (secondary N) is 1. The van der Waals surface area contributed by atoms with Crippen LogP contribution in [0.25, 0.3) is 0 Å². The monoisotopic (exact) mass is 286 g/mol. The van der Waals surface area contributed by atoms with E-state index in [-0.39, 0.29) is 5.69 Å². The smallest absolute Gasteiger partial charge is 0.276 e. The number of hydrogen-bond acceptors (Lipinski definition) is 4. The minimum atomic E-state index is -0.396. The Morgan fingerprint density at radius 2 is 1.95 bits per heavy atom. The van der Waals surface area contributed by atoms with Gasteiger partial charge in [0.2, 0.25) is 0 Å². The topological polar surface area (TPSA) is 64.4 Å². The van der Waals surface area contributed by atoms with Gasteiger partial charge in [0, 0.05) is 12.6 Å². The summed E-state index contributed by atoms with van der Waals surface area (Å²) in [5.41, 5.74) is 2.68. The molecule has 0 amide bonds. The fourth-order valence-corrected chi connectivity index (χ4v) is 2.10. The zero-order valence-corrected chi connectivity index (χ0v) is 12.3. The molecule has 0 aliphatic carbocycles. The molecule has 0 aliphatic rings. The molecule has 0 bridgehead atoms. The van der Waals surface area contributed by atoms with E-state index in [1.165, 1.54) is 6.07 Å². The molecule has 0 saturated carbocycles. The first kappa shape index (κ1) is 15.0. The van der Waals surface area contributed by atoms with E-state index in [2.05, 4.69) is 5.32 Å². The second kappa shape index (κ2) is 6.37. The average molecular weight is 286 g/mol. The van der Waals surface area contributed by atoms with Gasteiger partial charge in [0.05, 0.1) is 10.5 Å². The summed E-state index contributed by atoms with van der Waals surface area (Å²) in [5, 5.41) is 14.1. The summed E-state index contributed by atoms with van der Waals surface area (Å²) in [6.45, 7) is 4.38. The average Bonchev–Trinajstić information content (AvgIpc) is 2.44. The maximum Gasteiger partial charge on any atom is 0.276 e. The second-order valence-corrected chi connectivity index (χ2v) is 4.89. The van der Waals surface area contributed by atoms with Crippen LogP contribution >= 0.6 is 0 Å². The predicted octanol–water partition coefficient (Wildman–Crippen LogP) is 3.72. The van der Waals surface area contributed by atoms with E-state index >= 15 is 0 Å². The first-order chi connectivity index (χ1) is 10.0. The van der Waals surface area contributed by atoms with Crippen molar-refractivity contribution in [3.05, 3.63) is 63.2 Å². The predicted molar refractivity (Wildman–Crippen MR) is 81.9 cm³/mol. The first-order valence-corrected chi connectivity index (χ1v) is 6.69. The summed E-state index contributed by atoms with van der Waals surface area (Å²) in [6.07, 6.45) is 0. The number of benzene rings is 2. The number of rotatable bonds is 5. The van der Waals surface area contributed by atoms with Gasteiger partial charge < -0.3 is 10.1 Å². The van der Waals surface area contributed by atoms with Gasteiger partial charge in [-0.3, -0.25) is 10.1 Å². The van der Waals surface area contributed by atoms with Crippen molar-refractivity contribution >= 4 is 5.69 Å². The van der Waals surface area contributed by atoms with Gasteiger partial charge in [-0.15, -0.1) is 0 Å². The zero-order chi connectivity index (χ0) is 15.4. The van der Waals surface area contributed by atoms with E-state index < -0.39 is 4.92 Å². The Morgan fingerprint density at radius 1 is 1.19 bits per heavy atom. The molecule has 5 heteroatoms. The quantitative estimate of drug-likeness (QED) is 0.672. The third-order valence-electron chi connectivity index (χ3n) is 3.31. The Balaban J connectivity index is 2.36. The van der Waals surface area contributed by atoms with Crippen molar-refractivity contribution in [1.82, 2.24) is 5.32 Å². The highest BCUT2D eigenvalue weighted by atomic mass is 16.6. The molecule has 0 fully saturated rings. The fourth-order valence-electron chi connectivity index (χ4n) is 2.10. The molecule has 2 rings (SSSR count). The Morgan fingerprint density at radius 3 is 2.62 bits per heavy atom. The SMILES string of the molecule is CNCc1ccc(C)c(Oc2cccc([N+](=O)[O-])c2C)c1. The summed E-state index contributed by atoms with van der Waals surface area (Å²) < 4.78 is 5.89. The summed E-state index contributed by atoms with van der Waals surface area (Å²) in [6, 6.07) is 10.8. The molecule has 5 nitrogen and oxygen atoms in total. The van der Waals surface area contributed by atoms with Gasteiger partial charge in [0.15, 0.2) is 0 Å². The van der Waals surface area contributed by atoms with Gasteiger partial charge in [-0.25, -0.2) is 0 Å². The lowest BCUT2D eigenvalue weighted by Gasteiger charge is -2.12. The molecule has 1 N–H and O–H groups in total. The van der Waals surface area contributed by atoms with E-state index in [1.54, 1.807) is 19.1 Å². The molecule has 0 radical (unpaired) electrons. The third kappa shape index (κ3) is 3.38. The zero-order valence-electron chi connectivity index (χ0n) is 12.3. The Kier molecular flexibility index (Phi) is 4.55. The Bertz CT molecular complexity index is 669. The molecule has 0 unspecified atom stereocenters. The minimum Gasteiger partial charge on any atom is -0.457 e. The lowest BCUT2D eigenvalue weighted by Crippen LogP contribution is -2.05. The number of nitro benzene ring substituents is 1. The molecule has 0 aliphatic heterocycles. The second-order valence-electron chi connectivity index (χ2n) is 4.89. The van der Waals surface area contributed by atoms with Crippen molar-refractivity contribution in [1.29, 1.82) is 0 Å². The van der Waals surface area contributed by atoms with Crippen LogP contribution in [0.3, 0.4) is 0 Å². The van der Waals surface area contributed by atoms with Gasteiger partial charge in [-0.2, -0.15) is 0 Å². The van der Waals surface area contributed by atoms with E-state index in [0.29, 0.717) is 17.1 Å². The van der Waals surface area contributed by atoms with Crippen molar-refractivity contribution in [3.63, 3.8) is 0 Å². The lowest BCUT2D eigenvalue weighted by molar-refractivity contribution is -0.385. The van der Waals surface area contributed by atoms with Crippen LogP contribution in [0, 0.1) is 24.0 Å². The normalized spacial score (nSPS) is 10.4. The molecule has 0 atom stereocenters. The molecule has 21 heavy (non-hydrogen) atoms. The Hall–Kier alpha value is -2.40. The molecular formula is C16H18N2O3. The summed E-state index contributed by atoms with van der Waals surface area (Å²) in [7, 11) is 1.88. The molecule has 0 saturated heterocycles. The van der Waals surface area contributed by atoms with Gasteiger partial charge in [0.25, 0.3) is 5.69 Å². The fraction of sp³-hybridized carbons (Fsp3) is 0.250. The van der Waals surface area contributed by atoms with Crippen LogP contribution < -0.4 is 10.1 Å². The summed E-state index contributed by atoms with van der Waals surface area (Å²) >= 11 is 0. The van der Waals surface area contributed by atoms with E-state index in [1.807, 2.05) is 32.2 Å². The largest absolute Gasteiger partial charge is 0.457 e. The van der Waals surface area contributed by atoms with E-state index in [0.717, 1.165) is 17.7 Å². The lowest BCUT2D eigenvalue weighted by atomic mass is 10.1. The van der Waals surface area contributed by atoms with Crippen molar-refractivity contribution in [2.45, 2.75) is 20.4 Å². The highest BCUT2D eigenvalue weighted by Gasteiger charge is 2.15. The molecule has 2 aromatic rings. The van der Waals surface area contributed by atoms with E-state index in [9.17, 15) is 10.1 Å². The Labute approximate surface area is 123 Å². The number of nitro groups is 1. The maximum atomic E-state index is 11.0. The van der Waals surface area contributed by atoms with Crippen LogP contribution in [-0.2, 0) is 6.54 Å². The summed E-state index contributed by atoms with van der Waals surface area (Å²) in [4.78, 5) is 10.6. The van der Waals surface area contributed by atoms with Gasteiger partial charge >= 0.3 is 0 Å². The highest BCUT2D eigenvalue weighted by molar-refractivity contribution is 5.50. The van der Waals surface area contributed by atoms with Crippen molar-refractivity contribution < 1.29 is 9.66 Å². The molecule has 0 heterocycles. The molecule has 110 valence electrons. The molecule has 0 aromatic heterocycles. The number of aryl methyl sites for hydroxylation is 1. The van der Waals surface area contributed by atoms with Crippen molar-refractivity contribution in [2.75, 3.05) is 7.05 Å². The van der Waals surface area contributed by atoms with Gasteiger partial charge in [-0.1, -0.05) is 18.2 Å². The van der Waals surface area contributed by atoms with E-state index in [4.69, 9.17) is 4.74 Å². The van der Waals surface area contributed by atoms with Crippen LogP contribution in [0.2, 0.25) is 0 Å². The van der Waals surface area contributed by atoms with Gasteiger partial charge in [0.1, 0.15) is 11.5 Å². The van der Waals surface area contributed by atoms with Crippen molar-refractivity contribution in [3.8, 4) is 11.5 Å². The van der Waals surface area contributed by atoms with Crippen molar-refractivity contribution in [2.24, 2.45) is 0 Å². The standard InChI is InChI=1S/C16H18N2O3/c1-11-7-8-13(10-17-3)9-16(11)21-15-6-4-5-14(12(15)2)18(19)20/h4-9,17H,10H2,1-3H3. The molecular weight excluding hydrogens is 268 g/mol. The van der Waals surface area contributed by atoms with Crippen LogP contribution in [0.15, 0.2) is 36.4 Å². The molecule has 0 spiro atoms. The highest BCUT2D eigenvalue weighted by Crippen LogP contribution is 2.32. The van der Waals surface area contributed by atoms with Crippen LogP contribution in [-0.4, -0.2) is 12.0 Å². The number of ether oxygens (including phenoxy) is 1. The molecule has 2 aromatic carbocycles.